The second-order valence-electron chi connectivity index (χ2n) is 8.54. The van der Waals surface area contributed by atoms with Gasteiger partial charge in [-0.2, -0.15) is 0 Å². The van der Waals surface area contributed by atoms with E-state index in [1.54, 1.807) is 42.5 Å². The van der Waals surface area contributed by atoms with Crippen molar-refractivity contribution in [3.05, 3.63) is 89.8 Å². The van der Waals surface area contributed by atoms with Crippen molar-refractivity contribution in [2.45, 2.75) is 37.1 Å². The van der Waals surface area contributed by atoms with Gasteiger partial charge in [0, 0.05) is 17.4 Å². The zero-order chi connectivity index (χ0) is 26.6. The number of aliphatic hydroxyl groups excluding tert-OH is 1. The smallest absolute Gasteiger partial charge is 0.300 e. The number of pyridine rings is 1. The summed E-state index contributed by atoms with van der Waals surface area (Å²) in [4.78, 5) is 31.8. The number of aliphatic hydroxyl groups is 1. The predicted molar refractivity (Wildman–Crippen MR) is 138 cm³/mol. The summed E-state index contributed by atoms with van der Waals surface area (Å²) in [6.45, 7) is 2.69. The molecule has 0 saturated carbocycles. The Kier molecular flexibility index (Phi) is 7.70. The SMILES string of the molecule is CCCCCOc1ccc(/C(O)=C2\C(=O)C(=O)N(c3ccc(S(N)(=O)=O)cc3)C2c2ccccn2)cc1. The lowest BCUT2D eigenvalue weighted by Crippen LogP contribution is -2.29. The highest BCUT2D eigenvalue weighted by Gasteiger charge is 2.47. The summed E-state index contributed by atoms with van der Waals surface area (Å²) in [5.41, 5.74) is 0.815. The number of unbranched alkanes of at least 4 members (excludes halogenated alkanes) is 2. The van der Waals surface area contributed by atoms with Gasteiger partial charge in [0.15, 0.2) is 0 Å². The largest absolute Gasteiger partial charge is 0.507 e. The number of aromatic nitrogens is 1. The maximum absolute atomic E-state index is 13.2. The lowest BCUT2D eigenvalue weighted by molar-refractivity contribution is -0.132. The van der Waals surface area contributed by atoms with E-state index in [0.29, 0.717) is 23.6 Å². The third-order valence-electron chi connectivity index (χ3n) is 6.00. The van der Waals surface area contributed by atoms with Crippen molar-refractivity contribution in [3.8, 4) is 5.75 Å². The number of nitrogens with two attached hydrogens (primary N) is 1. The summed E-state index contributed by atoms with van der Waals surface area (Å²) < 4.78 is 29.0. The fourth-order valence-electron chi connectivity index (χ4n) is 4.12. The Labute approximate surface area is 215 Å². The lowest BCUT2D eigenvalue weighted by atomic mass is 9.98. The molecule has 37 heavy (non-hydrogen) atoms. The molecule has 192 valence electrons. The van der Waals surface area contributed by atoms with Crippen LogP contribution in [0.2, 0.25) is 0 Å². The van der Waals surface area contributed by atoms with E-state index in [2.05, 4.69) is 11.9 Å². The minimum absolute atomic E-state index is 0.129. The second kappa shape index (κ2) is 10.9. The second-order valence-corrected chi connectivity index (χ2v) is 10.1. The molecule has 1 aliphatic rings. The van der Waals surface area contributed by atoms with Crippen LogP contribution in [0.5, 0.6) is 5.75 Å². The minimum Gasteiger partial charge on any atom is -0.507 e. The van der Waals surface area contributed by atoms with Gasteiger partial charge in [0.2, 0.25) is 10.0 Å². The molecule has 2 heterocycles. The van der Waals surface area contributed by atoms with Crippen LogP contribution in [0.3, 0.4) is 0 Å². The van der Waals surface area contributed by atoms with Crippen LogP contribution in [0, 0.1) is 0 Å². The first-order valence-electron chi connectivity index (χ1n) is 11.8. The normalized spacial score (nSPS) is 17.2. The highest BCUT2D eigenvalue weighted by atomic mass is 32.2. The van der Waals surface area contributed by atoms with Crippen LogP contribution in [-0.4, -0.2) is 36.8 Å². The van der Waals surface area contributed by atoms with E-state index in [9.17, 15) is 23.1 Å². The monoisotopic (exact) mass is 521 g/mol. The van der Waals surface area contributed by atoms with Crippen molar-refractivity contribution >= 4 is 33.2 Å². The van der Waals surface area contributed by atoms with Crippen molar-refractivity contribution in [2.24, 2.45) is 5.14 Å². The van der Waals surface area contributed by atoms with Crippen molar-refractivity contribution in [2.75, 3.05) is 11.5 Å². The predicted octanol–water partition coefficient (Wildman–Crippen LogP) is 3.92. The first-order valence-corrected chi connectivity index (χ1v) is 13.3. The number of Topliss-reactive ketones (excluding diaryl/α,β-unsaturated/α-hetero) is 1. The van der Waals surface area contributed by atoms with Gasteiger partial charge in [-0.25, -0.2) is 13.6 Å². The first-order chi connectivity index (χ1) is 17.7. The number of ether oxygens (including phenoxy) is 1. The molecule has 1 saturated heterocycles. The van der Waals surface area contributed by atoms with E-state index in [-0.39, 0.29) is 21.9 Å². The lowest BCUT2D eigenvalue weighted by Gasteiger charge is -2.24. The quantitative estimate of drug-likeness (QED) is 0.188. The van der Waals surface area contributed by atoms with Crippen molar-refractivity contribution < 1.29 is 27.9 Å². The molecule has 0 spiro atoms. The minimum atomic E-state index is -3.95. The number of primary sulfonamides is 1. The molecule has 1 atom stereocenters. The Balaban J connectivity index is 1.74. The Morgan fingerprint density at radius 1 is 1.03 bits per heavy atom. The Hall–Kier alpha value is -4.02. The van der Waals surface area contributed by atoms with E-state index in [1.807, 2.05) is 0 Å². The molecule has 1 aromatic heterocycles. The van der Waals surface area contributed by atoms with Crippen LogP contribution in [0.15, 0.2) is 83.4 Å². The van der Waals surface area contributed by atoms with Gasteiger partial charge >= 0.3 is 0 Å². The van der Waals surface area contributed by atoms with Crippen LogP contribution >= 0.6 is 0 Å². The number of nitrogens with zero attached hydrogens (tertiary/aromatic N) is 2. The maximum Gasteiger partial charge on any atom is 0.300 e. The summed E-state index contributed by atoms with van der Waals surface area (Å²) in [5.74, 6) is -1.49. The summed E-state index contributed by atoms with van der Waals surface area (Å²) >= 11 is 0. The number of sulfonamides is 1. The van der Waals surface area contributed by atoms with Gasteiger partial charge in [0.05, 0.1) is 22.8 Å². The molecular weight excluding hydrogens is 494 g/mol. The molecule has 1 amide bonds. The number of benzene rings is 2. The first kappa shape index (κ1) is 26.1. The zero-order valence-corrected chi connectivity index (χ0v) is 21.0. The highest BCUT2D eigenvalue weighted by molar-refractivity contribution is 7.89. The molecule has 1 unspecified atom stereocenters. The number of amides is 1. The molecule has 9 nitrogen and oxygen atoms in total. The molecule has 0 aliphatic carbocycles. The molecule has 2 aromatic carbocycles. The molecule has 0 bridgehead atoms. The fourth-order valence-corrected chi connectivity index (χ4v) is 4.63. The molecular formula is C27H27N3O6S. The number of ketones is 1. The number of anilines is 1. The van der Waals surface area contributed by atoms with Gasteiger partial charge < -0.3 is 9.84 Å². The molecule has 0 radical (unpaired) electrons. The molecule has 1 fully saturated rings. The maximum atomic E-state index is 13.2. The van der Waals surface area contributed by atoms with Crippen LogP contribution < -0.4 is 14.8 Å². The summed E-state index contributed by atoms with van der Waals surface area (Å²) in [6, 6.07) is 15.9. The van der Waals surface area contributed by atoms with Gasteiger partial charge in [-0.1, -0.05) is 25.8 Å². The van der Waals surface area contributed by atoms with Gasteiger partial charge in [0.1, 0.15) is 17.6 Å². The van der Waals surface area contributed by atoms with Gasteiger partial charge in [-0.05, 0) is 67.1 Å². The summed E-state index contributed by atoms with van der Waals surface area (Å²) in [5, 5.41) is 16.4. The van der Waals surface area contributed by atoms with Gasteiger partial charge in [-0.15, -0.1) is 0 Å². The van der Waals surface area contributed by atoms with Crippen molar-refractivity contribution in [1.29, 1.82) is 0 Å². The Morgan fingerprint density at radius 3 is 2.32 bits per heavy atom. The van der Waals surface area contributed by atoms with E-state index < -0.39 is 27.8 Å². The van der Waals surface area contributed by atoms with Crippen molar-refractivity contribution in [3.63, 3.8) is 0 Å². The molecule has 10 heteroatoms. The third-order valence-corrected chi connectivity index (χ3v) is 6.93. The highest BCUT2D eigenvalue weighted by Crippen LogP contribution is 2.41. The van der Waals surface area contributed by atoms with Crippen molar-refractivity contribution in [1.82, 2.24) is 4.98 Å². The molecule has 4 rings (SSSR count). The third kappa shape index (κ3) is 5.55. The van der Waals surface area contributed by atoms with E-state index in [1.165, 1.54) is 35.4 Å². The zero-order valence-electron chi connectivity index (χ0n) is 20.2. The Morgan fingerprint density at radius 2 is 1.73 bits per heavy atom. The number of carbonyl (C=O) groups is 2. The van der Waals surface area contributed by atoms with E-state index >= 15 is 0 Å². The molecule has 3 aromatic rings. The molecule has 1 aliphatic heterocycles. The summed E-state index contributed by atoms with van der Waals surface area (Å²) in [6.07, 6.45) is 4.60. The van der Waals surface area contributed by atoms with Crippen LogP contribution in [0.4, 0.5) is 5.69 Å². The summed E-state index contributed by atoms with van der Waals surface area (Å²) in [7, 11) is -3.95. The number of hydrogen-bond donors (Lipinski definition) is 2. The van der Waals surface area contributed by atoms with Crippen LogP contribution in [0.25, 0.3) is 5.76 Å². The standard InChI is InChI=1S/C27H27N3O6S/c1-2-3-6-17-36-20-12-8-18(9-13-20)25(31)23-24(22-7-4-5-16-29-22)30(27(33)26(23)32)19-10-14-21(15-11-19)37(28,34)35/h4-5,7-16,24,31H,2-3,6,17H2,1H3,(H2,28,34,35)/b25-23+. The fraction of sp³-hybridized carbons (Fsp3) is 0.222. The average molecular weight is 522 g/mol. The van der Waals surface area contributed by atoms with Crippen LogP contribution in [0.1, 0.15) is 43.5 Å². The van der Waals surface area contributed by atoms with E-state index in [0.717, 1.165) is 19.3 Å². The average Bonchev–Trinajstić information content (AvgIpc) is 3.17. The van der Waals surface area contributed by atoms with Crippen LogP contribution in [-0.2, 0) is 19.6 Å². The topological polar surface area (TPSA) is 140 Å². The van der Waals surface area contributed by atoms with E-state index in [4.69, 9.17) is 9.88 Å². The molecule has 3 N–H and O–H groups in total. The number of carbonyl (C=O) groups excluding carboxylic acids is 2. The van der Waals surface area contributed by atoms with Gasteiger partial charge in [0.25, 0.3) is 11.7 Å². The number of hydrogen-bond acceptors (Lipinski definition) is 7. The van der Waals surface area contributed by atoms with Gasteiger partial charge in [-0.3, -0.25) is 19.5 Å². The Bertz CT molecular complexity index is 1420. The number of rotatable bonds is 9.